The van der Waals surface area contributed by atoms with Crippen LogP contribution in [0.25, 0.3) is 0 Å². The van der Waals surface area contributed by atoms with Crippen molar-refractivity contribution in [2.24, 2.45) is 5.41 Å². The summed E-state index contributed by atoms with van der Waals surface area (Å²) < 4.78 is 0. The third kappa shape index (κ3) is 7.57. The van der Waals surface area contributed by atoms with Gasteiger partial charge in [0, 0.05) is 12.8 Å². The molecule has 0 bridgehead atoms. The Morgan fingerprint density at radius 3 is 2.27 bits per heavy atom. The highest BCUT2D eigenvalue weighted by Crippen LogP contribution is 2.21. The average molecular weight is 155 g/mol. The zero-order valence-corrected chi connectivity index (χ0v) is 7.94. The van der Waals surface area contributed by atoms with E-state index in [1.165, 1.54) is 0 Å². The molecule has 0 heterocycles. The lowest BCUT2D eigenvalue weighted by atomic mass is 9.89. The number of hydrogen-bond donors (Lipinski definition) is 0. The summed E-state index contributed by atoms with van der Waals surface area (Å²) in [7, 11) is 0. The maximum atomic E-state index is 10.8. The van der Waals surface area contributed by atoms with E-state index in [9.17, 15) is 4.79 Å². The SMILES string of the molecule is [CH2]CC(=O)CCCC(C)(C)C. The first-order valence-corrected chi connectivity index (χ1v) is 4.26. The molecule has 65 valence electrons. The Kier molecular flexibility index (Phi) is 4.39. The molecule has 0 aliphatic heterocycles. The van der Waals surface area contributed by atoms with Crippen LogP contribution in [-0.4, -0.2) is 5.78 Å². The monoisotopic (exact) mass is 155 g/mol. The van der Waals surface area contributed by atoms with Crippen LogP contribution in [0.5, 0.6) is 0 Å². The fraction of sp³-hybridized carbons (Fsp3) is 0.800. The summed E-state index contributed by atoms with van der Waals surface area (Å²) in [4.78, 5) is 10.8. The molecule has 0 N–H and O–H groups in total. The Balaban J connectivity index is 3.35. The van der Waals surface area contributed by atoms with Crippen molar-refractivity contribution in [3.63, 3.8) is 0 Å². The first-order valence-electron chi connectivity index (χ1n) is 4.26. The maximum absolute atomic E-state index is 10.8. The highest BCUT2D eigenvalue weighted by molar-refractivity contribution is 5.78. The molecule has 0 aromatic carbocycles. The van der Waals surface area contributed by atoms with Crippen molar-refractivity contribution < 1.29 is 4.79 Å². The van der Waals surface area contributed by atoms with E-state index in [4.69, 9.17) is 0 Å². The van der Waals surface area contributed by atoms with Gasteiger partial charge in [-0.15, -0.1) is 0 Å². The summed E-state index contributed by atoms with van der Waals surface area (Å²) in [5.41, 5.74) is 0.363. The van der Waals surface area contributed by atoms with E-state index in [2.05, 4.69) is 27.7 Å². The minimum absolute atomic E-state index is 0.286. The average Bonchev–Trinajstić information content (AvgIpc) is 1.85. The molecule has 0 saturated carbocycles. The van der Waals surface area contributed by atoms with Crippen molar-refractivity contribution in [1.29, 1.82) is 0 Å². The Morgan fingerprint density at radius 2 is 1.91 bits per heavy atom. The van der Waals surface area contributed by atoms with Gasteiger partial charge in [0.1, 0.15) is 5.78 Å². The van der Waals surface area contributed by atoms with E-state index in [1.54, 1.807) is 0 Å². The van der Waals surface area contributed by atoms with Gasteiger partial charge >= 0.3 is 0 Å². The van der Waals surface area contributed by atoms with Gasteiger partial charge in [-0.25, -0.2) is 0 Å². The van der Waals surface area contributed by atoms with Gasteiger partial charge in [-0.2, -0.15) is 0 Å². The quantitative estimate of drug-likeness (QED) is 0.610. The molecule has 0 aromatic rings. The first-order chi connectivity index (χ1) is 4.95. The topological polar surface area (TPSA) is 17.1 Å². The van der Waals surface area contributed by atoms with Crippen LogP contribution in [0.4, 0.5) is 0 Å². The normalized spacial score (nSPS) is 11.6. The van der Waals surface area contributed by atoms with Crippen molar-refractivity contribution in [3.8, 4) is 0 Å². The summed E-state index contributed by atoms with van der Waals surface area (Å²) in [6, 6.07) is 0. The summed E-state index contributed by atoms with van der Waals surface area (Å²) in [6.07, 6.45) is 3.29. The van der Waals surface area contributed by atoms with Gasteiger partial charge in [0.25, 0.3) is 0 Å². The maximum Gasteiger partial charge on any atom is 0.132 e. The Labute approximate surface area is 70.2 Å². The lowest BCUT2D eigenvalue weighted by Crippen LogP contribution is -2.06. The highest BCUT2D eigenvalue weighted by atomic mass is 16.1. The van der Waals surface area contributed by atoms with Crippen LogP contribution in [0.2, 0.25) is 0 Å². The summed E-state index contributed by atoms with van der Waals surface area (Å²) in [6.45, 7) is 10.1. The molecule has 0 atom stereocenters. The second-order valence-electron chi connectivity index (χ2n) is 4.20. The summed E-state index contributed by atoms with van der Waals surface area (Å²) >= 11 is 0. The smallest absolute Gasteiger partial charge is 0.132 e. The largest absolute Gasteiger partial charge is 0.300 e. The van der Waals surface area contributed by atoms with Gasteiger partial charge in [0.15, 0.2) is 0 Å². The molecule has 0 saturated heterocycles. The molecular weight excluding hydrogens is 136 g/mol. The van der Waals surface area contributed by atoms with Crippen molar-refractivity contribution in [2.45, 2.75) is 46.5 Å². The van der Waals surface area contributed by atoms with Crippen LogP contribution in [-0.2, 0) is 4.79 Å². The summed E-state index contributed by atoms with van der Waals surface area (Å²) in [5, 5.41) is 0. The zero-order valence-electron chi connectivity index (χ0n) is 7.94. The minimum Gasteiger partial charge on any atom is -0.300 e. The molecule has 0 aromatic heterocycles. The molecular formula is C10H19O. The van der Waals surface area contributed by atoms with Crippen LogP contribution in [0.1, 0.15) is 46.5 Å². The summed E-state index contributed by atoms with van der Waals surface area (Å²) in [5.74, 6) is 0.286. The minimum atomic E-state index is 0.286. The van der Waals surface area contributed by atoms with E-state index >= 15 is 0 Å². The van der Waals surface area contributed by atoms with E-state index in [-0.39, 0.29) is 5.78 Å². The van der Waals surface area contributed by atoms with Gasteiger partial charge < -0.3 is 0 Å². The predicted octanol–water partition coefficient (Wildman–Crippen LogP) is 3.00. The van der Waals surface area contributed by atoms with Crippen LogP contribution in [0, 0.1) is 12.3 Å². The van der Waals surface area contributed by atoms with Gasteiger partial charge in [-0.3, -0.25) is 4.79 Å². The van der Waals surface area contributed by atoms with Gasteiger partial charge in [-0.1, -0.05) is 20.8 Å². The second-order valence-corrected chi connectivity index (χ2v) is 4.20. The van der Waals surface area contributed by atoms with Crippen molar-refractivity contribution in [3.05, 3.63) is 6.92 Å². The predicted molar refractivity (Wildman–Crippen MR) is 48.3 cm³/mol. The van der Waals surface area contributed by atoms with Gasteiger partial charge in [0.2, 0.25) is 0 Å². The molecule has 1 radical (unpaired) electrons. The van der Waals surface area contributed by atoms with E-state index in [0.29, 0.717) is 18.3 Å². The van der Waals surface area contributed by atoms with E-state index in [0.717, 1.165) is 12.8 Å². The molecule has 0 rings (SSSR count). The number of hydrogen-bond acceptors (Lipinski definition) is 1. The number of carbonyl (C=O) groups excluding carboxylic acids is 1. The van der Waals surface area contributed by atoms with Crippen LogP contribution in [0.3, 0.4) is 0 Å². The third-order valence-corrected chi connectivity index (χ3v) is 1.66. The van der Waals surface area contributed by atoms with Crippen LogP contribution < -0.4 is 0 Å². The first kappa shape index (κ1) is 10.7. The number of Topliss-reactive ketones (excluding diaryl/α,β-unsaturated/α-hetero) is 1. The lowest BCUT2D eigenvalue weighted by Gasteiger charge is -2.16. The fourth-order valence-corrected chi connectivity index (χ4v) is 0.941. The molecule has 0 fully saturated rings. The Bertz CT molecular complexity index is 119. The third-order valence-electron chi connectivity index (χ3n) is 1.66. The van der Waals surface area contributed by atoms with Crippen molar-refractivity contribution in [1.82, 2.24) is 0 Å². The van der Waals surface area contributed by atoms with Gasteiger partial charge in [-0.05, 0) is 25.2 Å². The number of carbonyl (C=O) groups is 1. The molecule has 0 aliphatic carbocycles. The zero-order chi connectivity index (χ0) is 8.91. The van der Waals surface area contributed by atoms with E-state index in [1.807, 2.05) is 0 Å². The molecule has 1 nitrogen and oxygen atoms in total. The van der Waals surface area contributed by atoms with Crippen molar-refractivity contribution in [2.75, 3.05) is 0 Å². The van der Waals surface area contributed by atoms with Crippen LogP contribution in [0.15, 0.2) is 0 Å². The van der Waals surface area contributed by atoms with Gasteiger partial charge in [0.05, 0.1) is 0 Å². The molecule has 1 heteroatoms. The lowest BCUT2D eigenvalue weighted by molar-refractivity contribution is -0.118. The molecule has 11 heavy (non-hydrogen) atoms. The van der Waals surface area contributed by atoms with Crippen molar-refractivity contribution >= 4 is 5.78 Å². The Hall–Kier alpha value is -0.330. The number of rotatable bonds is 4. The highest BCUT2D eigenvalue weighted by Gasteiger charge is 2.09. The molecule has 0 amide bonds. The fourth-order valence-electron chi connectivity index (χ4n) is 0.941. The molecule has 0 unspecified atom stereocenters. The number of ketones is 1. The van der Waals surface area contributed by atoms with E-state index < -0.39 is 0 Å². The van der Waals surface area contributed by atoms with Crippen LogP contribution >= 0.6 is 0 Å². The molecule has 0 spiro atoms. The Morgan fingerprint density at radius 1 is 1.36 bits per heavy atom. The standard InChI is InChI=1S/C10H19O/c1-5-9(11)7-6-8-10(2,3)4/h1,5-8H2,2-4H3. The molecule has 0 aliphatic rings. The second kappa shape index (κ2) is 4.53.